The second-order valence-electron chi connectivity index (χ2n) is 8.70. The fraction of sp³-hybridized carbons (Fsp3) is 0.179. The van der Waals surface area contributed by atoms with Gasteiger partial charge in [-0.3, -0.25) is 4.79 Å². The Balaban J connectivity index is 1.68. The van der Waals surface area contributed by atoms with E-state index < -0.39 is 0 Å². The molecule has 29 heavy (non-hydrogen) atoms. The highest BCUT2D eigenvalue weighted by Gasteiger charge is 2.51. The highest BCUT2D eigenvalue weighted by atomic mass is 16.1. The van der Waals surface area contributed by atoms with Gasteiger partial charge in [0.1, 0.15) is 0 Å². The number of ketones is 1. The van der Waals surface area contributed by atoms with Crippen LogP contribution in [0.2, 0.25) is 0 Å². The maximum absolute atomic E-state index is 13.3. The van der Waals surface area contributed by atoms with Crippen LogP contribution in [-0.2, 0) is 4.79 Å². The molecule has 0 N–H and O–H groups in total. The lowest BCUT2D eigenvalue weighted by molar-refractivity contribution is -0.115. The molecule has 2 atom stereocenters. The molecule has 1 nitrogen and oxygen atoms in total. The quantitative estimate of drug-likeness (QED) is 0.474. The van der Waals surface area contributed by atoms with Crippen molar-refractivity contribution in [2.75, 3.05) is 0 Å². The second-order valence-corrected chi connectivity index (χ2v) is 8.70. The maximum atomic E-state index is 13.3. The maximum Gasteiger partial charge on any atom is 0.163 e. The van der Waals surface area contributed by atoms with Gasteiger partial charge in [0, 0.05) is 35.7 Å². The molecular weight excluding hydrogens is 352 g/mol. The van der Waals surface area contributed by atoms with Crippen molar-refractivity contribution in [1.29, 1.82) is 0 Å². The molecule has 4 bridgehead atoms. The summed E-state index contributed by atoms with van der Waals surface area (Å²) in [4.78, 5) is 13.3. The lowest BCUT2D eigenvalue weighted by Crippen LogP contribution is -2.38. The van der Waals surface area contributed by atoms with Gasteiger partial charge >= 0.3 is 0 Å². The highest BCUT2D eigenvalue weighted by molar-refractivity contribution is 6.02. The summed E-state index contributed by atoms with van der Waals surface area (Å²) in [6.07, 6.45) is 4.87. The zero-order valence-corrected chi connectivity index (χ0v) is 16.0. The zero-order chi connectivity index (χ0) is 19.1. The fourth-order valence-electron chi connectivity index (χ4n) is 6.59. The monoisotopic (exact) mass is 372 g/mol. The van der Waals surface area contributed by atoms with Crippen LogP contribution in [0.3, 0.4) is 0 Å². The van der Waals surface area contributed by atoms with E-state index >= 15 is 0 Å². The minimum Gasteiger partial charge on any atom is -0.294 e. The van der Waals surface area contributed by atoms with Gasteiger partial charge in [-0.05, 0) is 39.0 Å². The molecule has 7 aliphatic rings. The van der Waals surface area contributed by atoms with Crippen LogP contribution in [0.4, 0.5) is 0 Å². The number of carbonyl (C=O) groups excluding carboxylic acids is 1. The second kappa shape index (κ2) is 5.45. The van der Waals surface area contributed by atoms with Gasteiger partial charge in [0.2, 0.25) is 0 Å². The van der Waals surface area contributed by atoms with Gasteiger partial charge < -0.3 is 0 Å². The number of rotatable bonds is 0. The van der Waals surface area contributed by atoms with Crippen LogP contribution in [-0.4, -0.2) is 5.78 Å². The average Bonchev–Trinajstić information content (AvgIpc) is 2.75. The molecule has 3 aromatic rings. The number of hydrogen-bond acceptors (Lipinski definition) is 1. The van der Waals surface area contributed by atoms with E-state index in [4.69, 9.17) is 0 Å². The van der Waals surface area contributed by atoms with Crippen molar-refractivity contribution in [2.24, 2.45) is 0 Å². The summed E-state index contributed by atoms with van der Waals surface area (Å²) in [5.74, 6) is 1.05. The Morgan fingerprint density at radius 3 is 1.48 bits per heavy atom. The third kappa shape index (κ3) is 1.84. The Morgan fingerprint density at radius 2 is 0.966 bits per heavy atom. The first-order valence-electron chi connectivity index (χ1n) is 10.5. The van der Waals surface area contributed by atoms with E-state index in [2.05, 4.69) is 84.9 Å². The smallest absolute Gasteiger partial charge is 0.163 e. The van der Waals surface area contributed by atoms with Gasteiger partial charge in [0.25, 0.3) is 0 Å². The lowest BCUT2D eigenvalue weighted by Gasteiger charge is -2.50. The van der Waals surface area contributed by atoms with Crippen molar-refractivity contribution in [3.05, 3.63) is 129 Å². The molecule has 138 valence electrons. The molecule has 0 heterocycles. The molecule has 0 aromatic heterocycles. The molecule has 0 fully saturated rings. The molecule has 0 spiro atoms. The van der Waals surface area contributed by atoms with Gasteiger partial charge in [-0.2, -0.15) is 0 Å². The molecule has 0 radical (unpaired) electrons. The molecule has 0 saturated carbocycles. The Bertz CT molecular complexity index is 1230. The van der Waals surface area contributed by atoms with E-state index in [0.717, 1.165) is 5.57 Å². The van der Waals surface area contributed by atoms with E-state index in [-0.39, 0.29) is 23.7 Å². The van der Waals surface area contributed by atoms with Crippen molar-refractivity contribution >= 4 is 5.78 Å². The summed E-state index contributed by atoms with van der Waals surface area (Å²) < 4.78 is 0. The van der Waals surface area contributed by atoms with Crippen LogP contribution in [0.5, 0.6) is 0 Å². The Kier molecular flexibility index (Phi) is 2.95. The summed E-state index contributed by atoms with van der Waals surface area (Å²) in [7, 11) is 0. The number of carbonyl (C=O) groups is 1. The van der Waals surface area contributed by atoms with Crippen molar-refractivity contribution in [1.82, 2.24) is 0 Å². The van der Waals surface area contributed by atoms with E-state index in [1.54, 1.807) is 0 Å². The van der Waals surface area contributed by atoms with Gasteiger partial charge in [-0.15, -0.1) is 0 Å². The predicted octanol–water partition coefficient (Wildman–Crippen LogP) is 5.98. The van der Waals surface area contributed by atoms with E-state index in [1.165, 1.54) is 39.0 Å². The van der Waals surface area contributed by atoms with Gasteiger partial charge in [-0.1, -0.05) is 84.9 Å². The molecule has 0 saturated heterocycles. The van der Waals surface area contributed by atoms with Gasteiger partial charge in [0.05, 0.1) is 0 Å². The van der Waals surface area contributed by atoms with Crippen LogP contribution in [0.1, 0.15) is 63.5 Å². The number of hydrogen-bond donors (Lipinski definition) is 0. The van der Waals surface area contributed by atoms with Crippen LogP contribution < -0.4 is 0 Å². The third-order valence-electron chi connectivity index (χ3n) is 7.52. The first-order chi connectivity index (χ1) is 14.3. The third-order valence-corrected chi connectivity index (χ3v) is 7.52. The molecule has 3 aromatic carbocycles. The molecule has 7 aliphatic carbocycles. The molecule has 10 rings (SSSR count). The Hall–Kier alpha value is -3.19. The summed E-state index contributed by atoms with van der Waals surface area (Å²) in [6.45, 7) is 0. The first kappa shape index (κ1) is 15.7. The standard InChI is InChI=1S/C28H20O/c29-23-15-7-14-22-26-20-12-5-6-13-21(20)28(27(22)23)25-18-10-3-1-8-16(18)24(26)17-9-2-4-11-19(17)25/h1-14,24-26,28H,15H2. The van der Waals surface area contributed by atoms with Gasteiger partial charge in [-0.25, -0.2) is 0 Å². The fourth-order valence-corrected chi connectivity index (χ4v) is 6.59. The lowest BCUT2D eigenvalue weighted by atomic mass is 9.52. The van der Waals surface area contributed by atoms with Crippen molar-refractivity contribution in [2.45, 2.75) is 30.1 Å². The molecule has 0 amide bonds. The summed E-state index contributed by atoms with van der Waals surface area (Å²) in [6, 6.07) is 26.8. The van der Waals surface area contributed by atoms with E-state index in [0.29, 0.717) is 12.2 Å². The minimum absolute atomic E-state index is 0.0958. The van der Waals surface area contributed by atoms with Crippen molar-refractivity contribution in [3.63, 3.8) is 0 Å². The summed E-state index contributed by atoms with van der Waals surface area (Å²) >= 11 is 0. The number of benzene rings is 3. The van der Waals surface area contributed by atoms with Crippen LogP contribution in [0.15, 0.2) is 96.1 Å². The molecule has 0 aliphatic heterocycles. The van der Waals surface area contributed by atoms with Crippen molar-refractivity contribution < 1.29 is 4.79 Å². The summed E-state index contributed by atoms with van der Waals surface area (Å²) in [5, 5.41) is 0. The van der Waals surface area contributed by atoms with E-state index in [1.807, 2.05) is 0 Å². The molecular formula is C28H20O. The zero-order valence-electron chi connectivity index (χ0n) is 16.0. The van der Waals surface area contributed by atoms with Crippen molar-refractivity contribution in [3.8, 4) is 0 Å². The number of allylic oxidation sites excluding steroid dienone is 4. The normalized spacial score (nSPS) is 27.7. The predicted molar refractivity (Wildman–Crippen MR) is 114 cm³/mol. The van der Waals surface area contributed by atoms with Gasteiger partial charge in [0.15, 0.2) is 5.78 Å². The first-order valence-corrected chi connectivity index (χ1v) is 10.5. The summed E-state index contributed by atoms with van der Waals surface area (Å²) in [5.41, 5.74) is 10.8. The minimum atomic E-state index is 0.0958. The van der Waals surface area contributed by atoms with Crippen LogP contribution in [0.25, 0.3) is 0 Å². The SMILES string of the molecule is O=C1CC=CC2=C1C1c3ccccc3C2C2c3ccccc3C1c1ccccc12. The topological polar surface area (TPSA) is 17.1 Å². The largest absolute Gasteiger partial charge is 0.294 e. The highest BCUT2D eigenvalue weighted by Crippen LogP contribution is 2.64. The number of Topliss-reactive ketones (excluding diaryl/α,β-unsaturated/α-hetero) is 1. The average molecular weight is 372 g/mol. The van der Waals surface area contributed by atoms with Crippen LogP contribution >= 0.6 is 0 Å². The Morgan fingerprint density at radius 1 is 0.552 bits per heavy atom. The van der Waals surface area contributed by atoms with E-state index in [9.17, 15) is 4.79 Å². The van der Waals surface area contributed by atoms with Crippen LogP contribution in [0, 0.1) is 0 Å². The Labute approximate surface area is 170 Å². The molecule has 2 unspecified atom stereocenters. The molecule has 1 heteroatoms.